The molecule has 0 spiro atoms. The van der Waals surface area contributed by atoms with Crippen LogP contribution >= 0.6 is 0 Å². The van der Waals surface area contributed by atoms with Gasteiger partial charge in [0.1, 0.15) is 17.3 Å². The van der Waals surface area contributed by atoms with Gasteiger partial charge in [0.25, 0.3) is 0 Å². The third-order valence-corrected chi connectivity index (χ3v) is 7.48. The Hall–Kier alpha value is -5.96. The number of carbonyl (C=O) groups is 2. The van der Waals surface area contributed by atoms with Crippen molar-refractivity contribution >= 4 is 40.2 Å². The van der Waals surface area contributed by atoms with Crippen LogP contribution in [0.15, 0.2) is 114 Å². The fraction of sp³-hybridized carbons (Fsp3) is 0.238. The van der Waals surface area contributed by atoms with Crippen LogP contribution in [0.3, 0.4) is 0 Å². The van der Waals surface area contributed by atoms with Crippen molar-refractivity contribution in [3.63, 3.8) is 0 Å². The normalized spacial score (nSPS) is 11.2. The summed E-state index contributed by atoms with van der Waals surface area (Å²) >= 11 is 0. The molecular formula is C42H47N5O4. The predicted molar refractivity (Wildman–Crippen MR) is 206 cm³/mol. The Kier molecular flexibility index (Phi) is 12.0. The summed E-state index contributed by atoms with van der Waals surface area (Å²) in [5, 5.41) is 9.33. The highest BCUT2D eigenvalue weighted by molar-refractivity contribution is 6.01. The quantitative estimate of drug-likeness (QED) is 0.0551. The molecule has 0 amide bonds. The van der Waals surface area contributed by atoms with Crippen LogP contribution in [0.2, 0.25) is 0 Å². The highest BCUT2D eigenvalue weighted by Crippen LogP contribution is 2.25. The van der Waals surface area contributed by atoms with Gasteiger partial charge in [-0.15, -0.1) is 0 Å². The largest absolute Gasteiger partial charge is 0.423 e. The lowest BCUT2D eigenvalue weighted by Gasteiger charge is -2.18. The fourth-order valence-corrected chi connectivity index (χ4v) is 5.27. The summed E-state index contributed by atoms with van der Waals surface area (Å²) in [7, 11) is 0. The molecule has 5 aromatic rings. The molecule has 0 aliphatic carbocycles. The monoisotopic (exact) mass is 685 g/mol. The van der Waals surface area contributed by atoms with E-state index in [2.05, 4.69) is 46.5 Å². The molecule has 0 atom stereocenters. The number of esters is 2. The molecule has 7 N–H and O–H groups in total. The molecule has 0 unspecified atom stereocenters. The van der Waals surface area contributed by atoms with Crippen molar-refractivity contribution in [2.45, 2.75) is 54.4 Å². The first kappa shape index (κ1) is 37.9. The van der Waals surface area contributed by atoms with Gasteiger partial charge in [0.15, 0.2) is 5.96 Å². The summed E-state index contributed by atoms with van der Waals surface area (Å²) in [6.07, 6.45) is 1.93. The molecular weight excluding hydrogens is 638 g/mol. The van der Waals surface area contributed by atoms with Crippen LogP contribution in [0, 0.1) is 16.2 Å². The SMILES string of the molecule is CC(C)(C)Cc1ccc(OC(=O)c2ccc(N=C(N)N)cc2)cc1.CC(C)(C)Cc1ccc(OC(=O)c2ccc3cc(C(=N)N)ccc3c2)cc1. The number of aliphatic imine (C=N–C) groups is 1. The van der Waals surface area contributed by atoms with Crippen molar-refractivity contribution in [3.8, 4) is 11.5 Å². The standard InChI is InChI=1S/C23H24N2O2.C19H23N3O2/c1-23(2,3)14-15-4-10-20(11-5-15)27-22(26)19-9-7-16-12-18(21(24)25)8-6-17(16)13-19;1-19(2,3)12-13-4-10-16(11-5-13)24-17(23)14-6-8-15(9-7-14)22-18(20)21/h4-13H,14H2,1-3H3,(H3,24,25);4-11H,12H2,1-3H3,(H4,20,21,22). The average molecular weight is 686 g/mol. The topological polar surface area (TPSA) is 167 Å². The van der Waals surface area contributed by atoms with E-state index in [0.717, 1.165) is 23.6 Å². The molecule has 0 heterocycles. The van der Waals surface area contributed by atoms with Crippen molar-refractivity contribution in [2.75, 3.05) is 0 Å². The van der Waals surface area contributed by atoms with E-state index in [1.165, 1.54) is 11.1 Å². The molecule has 5 rings (SSSR count). The molecule has 0 aromatic heterocycles. The minimum atomic E-state index is -0.421. The first-order valence-electron chi connectivity index (χ1n) is 16.6. The summed E-state index contributed by atoms with van der Waals surface area (Å²) < 4.78 is 10.9. The van der Waals surface area contributed by atoms with Gasteiger partial charge in [-0.25, -0.2) is 14.6 Å². The third kappa shape index (κ3) is 12.1. The van der Waals surface area contributed by atoms with Crippen LogP contribution in [0.1, 0.15) is 78.9 Å². The molecule has 0 saturated carbocycles. The maximum Gasteiger partial charge on any atom is 0.343 e. The Morgan fingerprint density at radius 3 is 1.37 bits per heavy atom. The number of nitrogens with one attached hydrogen (secondary N) is 1. The lowest BCUT2D eigenvalue weighted by atomic mass is 9.88. The van der Waals surface area contributed by atoms with E-state index in [1.54, 1.807) is 42.5 Å². The number of nitrogens with two attached hydrogens (primary N) is 3. The third-order valence-electron chi connectivity index (χ3n) is 7.48. The molecule has 264 valence electrons. The van der Waals surface area contributed by atoms with Crippen LogP contribution in [-0.4, -0.2) is 23.7 Å². The van der Waals surface area contributed by atoms with E-state index in [4.69, 9.17) is 32.1 Å². The summed E-state index contributed by atoms with van der Waals surface area (Å²) in [5.41, 5.74) is 21.2. The number of guanidine groups is 1. The molecule has 0 aliphatic heterocycles. The number of ether oxygens (including phenoxy) is 2. The zero-order chi connectivity index (χ0) is 37.3. The van der Waals surface area contributed by atoms with Gasteiger partial charge in [0, 0.05) is 5.56 Å². The summed E-state index contributed by atoms with van der Waals surface area (Å²) in [5.74, 6) is 0.234. The highest BCUT2D eigenvalue weighted by Gasteiger charge is 2.14. The van der Waals surface area contributed by atoms with Crippen LogP contribution in [0.25, 0.3) is 10.8 Å². The Labute approximate surface area is 300 Å². The second-order valence-corrected chi connectivity index (χ2v) is 14.8. The number of rotatable bonds is 8. The van der Waals surface area contributed by atoms with Gasteiger partial charge in [-0.3, -0.25) is 5.41 Å². The number of hydrogen-bond donors (Lipinski definition) is 4. The zero-order valence-corrected chi connectivity index (χ0v) is 30.1. The molecule has 0 saturated heterocycles. The molecule has 5 aromatic carbocycles. The van der Waals surface area contributed by atoms with E-state index >= 15 is 0 Å². The minimum absolute atomic E-state index is 0.0234. The fourth-order valence-electron chi connectivity index (χ4n) is 5.27. The van der Waals surface area contributed by atoms with Crippen LogP contribution in [-0.2, 0) is 12.8 Å². The molecule has 0 radical (unpaired) electrons. The first-order valence-corrected chi connectivity index (χ1v) is 16.6. The summed E-state index contributed by atoms with van der Waals surface area (Å²) in [6, 6.07) is 32.6. The van der Waals surface area contributed by atoms with Gasteiger partial charge in [-0.05, 0) is 112 Å². The van der Waals surface area contributed by atoms with Crippen LogP contribution < -0.4 is 26.7 Å². The van der Waals surface area contributed by atoms with Gasteiger partial charge < -0.3 is 26.7 Å². The Bertz CT molecular complexity index is 2020. The number of hydrogen-bond acceptors (Lipinski definition) is 6. The molecule has 0 aliphatic rings. The maximum atomic E-state index is 12.5. The maximum absolute atomic E-state index is 12.5. The van der Waals surface area contributed by atoms with Crippen LogP contribution in [0.4, 0.5) is 5.69 Å². The molecule has 9 nitrogen and oxygen atoms in total. The van der Waals surface area contributed by atoms with Crippen molar-refractivity contribution < 1.29 is 19.1 Å². The van der Waals surface area contributed by atoms with Crippen molar-refractivity contribution in [3.05, 3.63) is 137 Å². The first-order chi connectivity index (χ1) is 23.9. The highest BCUT2D eigenvalue weighted by atomic mass is 16.5. The zero-order valence-electron chi connectivity index (χ0n) is 30.1. The number of benzene rings is 5. The molecule has 51 heavy (non-hydrogen) atoms. The van der Waals surface area contributed by atoms with Gasteiger partial charge >= 0.3 is 11.9 Å². The van der Waals surface area contributed by atoms with E-state index in [0.29, 0.717) is 33.9 Å². The molecule has 0 fully saturated rings. The lowest BCUT2D eigenvalue weighted by molar-refractivity contribution is 0.0725. The van der Waals surface area contributed by atoms with E-state index in [-0.39, 0.29) is 22.6 Å². The Morgan fingerprint density at radius 2 is 0.961 bits per heavy atom. The number of fused-ring (bicyclic) bond motifs is 1. The van der Waals surface area contributed by atoms with E-state index in [1.807, 2.05) is 66.7 Å². The van der Waals surface area contributed by atoms with Crippen molar-refractivity contribution in [1.29, 1.82) is 5.41 Å². The molecule has 0 bridgehead atoms. The van der Waals surface area contributed by atoms with Gasteiger partial charge in [0.2, 0.25) is 0 Å². The van der Waals surface area contributed by atoms with Gasteiger partial charge in [-0.2, -0.15) is 0 Å². The molecule has 9 heteroatoms. The van der Waals surface area contributed by atoms with Gasteiger partial charge in [0.05, 0.1) is 16.8 Å². The second-order valence-electron chi connectivity index (χ2n) is 14.8. The second kappa shape index (κ2) is 16.2. The number of nitrogen functional groups attached to an aromatic ring is 1. The minimum Gasteiger partial charge on any atom is -0.423 e. The van der Waals surface area contributed by atoms with E-state index < -0.39 is 11.9 Å². The van der Waals surface area contributed by atoms with Crippen molar-refractivity contribution in [1.82, 2.24) is 0 Å². The predicted octanol–water partition coefficient (Wildman–Crippen LogP) is 8.33. The lowest BCUT2D eigenvalue weighted by Crippen LogP contribution is -2.21. The number of amidine groups is 1. The van der Waals surface area contributed by atoms with E-state index in [9.17, 15) is 9.59 Å². The number of carbonyl (C=O) groups excluding carboxylic acids is 2. The van der Waals surface area contributed by atoms with Gasteiger partial charge in [-0.1, -0.05) is 84.0 Å². The van der Waals surface area contributed by atoms with Crippen LogP contribution in [0.5, 0.6) is 11.5 Å². The Balaban J connectivity index is 0.000000230. The summed E-state index contributed by atoms with van der Waals surface area (Å²) in [6.45, 7) is 13.1. The average Bonchev–Trinajstić information content (AvgIpc) is 3.05. The van der Waals surface area contributed by atoms with Crippen molar-refractivity contribution in [2.24, 2.45) is 33.0 Å². The Morgan fingerprint density at radius 1 is 0.569 bits per heavy atom. The number of nitrogens with zero attached hydrogens (tertiary/aromatic N) is 1. The summed E-state index contributed by atoms with van der Waals surface area (Å²) in [4.78, 5) is 28.5. The smallest absolute Gasteiger partial charge is 0.343 e.